The lowest BCUT2D eigenvalue weighted by Gasteiger charge is -2.50. The van der Waals surface area contributed by atoms with Gasteiger partial charge in [0.05, 0.1) is 40.9 Å². The van der Waals surface area contributed by atoms with Crippen molar-refractivity contribution in [3.05, 3.63) is 76.9 Å². The van der Waals surface area contributed by atoms with Gasteiger partial charge in [0.25, 0.3) is 0 Å². The normalized spacial score (nSPS) is 22.9. The van der Waals surface area contributed by atoms with Gasteiger partial charge in [-0.25, -0.2) is 30.6 Å². The van der Waals surface area contributed by atoms with E-state index in [0.29, 0.717) is 5.02 Å². The molecule has 2 aromatic carbocycles. The van der Waals surface area contributed by atoms with Crippen molar-refractivity contribution in [3.8, 4) is 11.6 Å². The van der Waals surface area contributed by atoms with Crippen LogP contribution >= 0.6 is 11.6 Å². The molecule has 0 spiro atoms. The quantitative estimate of drug-likeness (QED) is 0.394. The highest BCUT2D eigenvalue weighted by molar-refractivity contribution is 7.92. The second kappa shape index (κ2) is 10.3. The Morgan fingerprint density at radius 2 is 1.72 bits per heavy atom. The molecule has 0 bridgehead atoms. The topological polar surface area (TPSA) is 109 Å². The van der Waals surface area contributed by atoms with Crippen LogP contribution in [0.15, 0.2) is 64.5 Å². The summed E-state index contributed by atoms with van der Waals surface area (Å²) in [4.78, 5) is 3.75. The van der Waals surface area contributed by atoms with E-state index >= 15 is 4.39 Å². The van der Waals surface area contributed by atoms with Crippen molar-refractivity contribution in [2.24, 2.45) is 5.92 Å². The maximum absolute atomic E-state index is 15.5. The summed E-state index contributed by atoms with van der Waals surface area (Å²) >= 11 is 5.97. The van der Waals surface area contributed by atoms with E-state index in [1.807, 2.05) is 0 Å². The number of sulfone groups is 2. The van der Waals surface area contributed by atoms with Crippen LogP contribution in [-0.2, 0) is 29.2 Å². The molecule has 3 heterocycles. The largest absolute Gasteiger partial charge is 0.490 e. The number of ether oxygens (including phenoxy) is 3. The zero-order valence-corrected chi connectivity index (χ0v) is 23.0. The molecule has 39 heavy (non-hydrogen) atoms. The third-order valence-corrected chi connectivity index (χ3v) is 11.8. The number of pyridine rings is 1. The Morgan fingerprint density at radius 1 is 1.03 bits per heavy atom. The van der Waals surface area contributed by atoms with Gasteiger partial charge in [0.1, 0.15) is 10.6 Å². The van der Waals surface area contributed by atoms with E-state index in [2.05, 4.69) is 4.98 Å². The van der Waals surface area contributed by atoms with Gasteiger partial charge in [0.2, 0.25) is 5.88 Å². The molecule has 1 unspecified atom stereocenters. The Bertz CT molecular complexity index is 1600. The first-order valence-corrected chi connectivity index (χ1v) is 15.5. The summed E-state index contributed by atoms with van der Waals surface area (Å²) in [5.41, 5.74) is -0.413. The van der Waals surface area contributed by atoms with Gasteiger partial charge in [-0.05, 0) is 55.3 Å². The fraction of sp³-hybridized carbons (Fsp3) is 0.346. The van der Waals surface area contributed by atoms with Gasteiger partial charge in [-0.1, -0.05) is 11.6 Å². The van der Waals surface area contributed by atoms with E-state index in [4.69, 9.17) is 25.8 Å². The first kappa shape index (κ1) is 27.8. The number of methoxy groups -OCH3 is 1. The van der Waals surface area contributed by atoms with Crippen molar-refractivity contribution in [1.82, 2.24) is 4.98 Å². The lowest BCUT2D eigenvalue weighted by molar-refractivity contribution is -0.0732. The lowest BCUT2D eigenvalue weighted by atomic mass is 9.75. The van der Waals surface area contributed by atoms with Crippen molar-refractivity contribution in [2.45, 2.75) is 33.5 Å². The molecule has 2 aliphatic rings. The molecule has 1 aromatic heterocycles. The van der Waals surface area contributed by atoms with Crippen LogP contribution in [-0.4, -0.2) is 54.0 Å². The molecule has 1 saturated heterocycles. The lowest BCUT2D eigenvalue weighted by Crippen LogP contribution is -2.57. The number of benzene rings is 2. The first-order chi connectivity index (χ1) is 18.5. The summed E-state index contributed by atoms with van der Waals surface area (Å²) in [5, 5.41) is 0.302. The van der Waals surface area contributed by atoms with Gasteiger partial charge in [-0.3, -0.25) is 0 Å². The Kier molecular flexibility index (Phi) is 7.34. The molecule has 0 radical (unpaired) electrons. The molecule has 0 aliphatic carbocycles. The summed E-state index contributed by atoms with van der Waals surface area (Å²) in [6.45, 7) is -0.456. The molecule has 0 saturated carbocycles. The average Bonchev–Trinajstić information content (AvgIpc) is 2.93. The van der Waals surface area contributed by atoms with Gasteiger partial charge < -0.3 is 14.2 Å². The molecule has 8 nitrogen and oxygen atoms in total. The standard InChI is InChI=1S/C26H24ClF2NO7S2/c1-35-23-9-6-18(14-30-23)38(31,32)13-10-22-19-15-37-25-21(29)8-7-20(28)24(25)26(19,11-12-36-22)39(33,34)17-4-2-16(27)3-5-17/h2-9,14,19,22H,10-13,15H2,1H3/t19?,22-,26-/m0/s1. The summed E-state index contributed by atoms with van der Waals surface area (Å²) in [5.74, 6) is -3.51. The van der Waals surface area contributed by atoms with Gasteiger partial charge in [-0.2, -0.15) is 0 Å². The number of nitrogens with zero attached hydrogens (tertiary/aromatic N) is 1. The smallest absolute Gasteiger partial charge is 0.212 e. The highest BCUT2D eigenvalue weighted by Crippen LogP contribution is 2.56. The minimum absolute atomic E-state index is 0.0440. The number of hydrogen-bond acceptors (Lipinski definition) is 8. The number of halogens is 3. The molecule has 208 valence electrons. The Morgan fingerprint density at radius 3 is 2.38 bits per heavy atom. The van der Waals surface area contributed by atoms with E-state index in [9.17, 15) is 21.2 Å². The monoisotopic (exact) mass is 599 g/mol. The Balaban J connectivity index is 1.57. The number of aromatic nitrogens is 1. The molecular formula is C26H24ClF2NO7S2. The molecule has 1 fully saturated rings. The number of fused-ring (bicyclic) bond motifs is 3. The van der Waals surface area contributed by atoms with Crippen LogP contribution in [0.3, 0.4) is 0 Å². The van der Waals surface area contributed by atoms with Crippen LogP contribution in [0.4, 0.5) is 8.78 Å². The molecule has 0 amide bonds. The molecule has 3 atom stereocenters. The zero-order valence-electron chi connectivity index (χ0n) is 20.6. The summed E-state index contributed by atoms with van der Waals surface area (Å²) in [7, 11) is -6.84. The van der Waals surface area contributed by atoms with Crippen molar-refractivity contribution in [1.29, 1.82) is 0 Å². The average molecular weight is 600 g/mol. The van der Waals surface area contributed by atoms with E-state index in [1.165, 1.54) is 49.7 Å². The predicted octanol–water partition coefficient (Wildman–Crippen LogP) is 4.35. The van der Waals surface area contributed by atoms with Crippen LogP contribution in [0.2, 0.25) is 5.02 Å². The highest BCUT2D eigenvalue weighted by Gasteiger charge is 2.61. The molecule has 13 heteroatoms. The zero-order chi connectivity index (χ0) is 28.0. The minimum atomic E-state index is -4.40. The fourth-order valence-corrected chi connectivity index (χ4v) is 9.13. The van der Waals surface area contributed by atoms with Crippen molar-refractivity contribution < 1.29 is 39.8 Å². The van der Waals surface area contributed by atoms with Gasteiger partial charge in [0.15, 0.2) is 31.2 Å². The fourth-order valence-electron chi connectivity index (χ4n) is 5.40. The summed E-state index contributed by atoms with van der Waals surface area (Å²) in [6.07, 6.45) is -0.0986. The van der Waals surface area contributed by atoms with Crippen LogP contribution in [0, 0.1) is 17.6 Å². The number of rotatable bonds is 7. The second-order valence-electron chi connectivity index (χ2n) is 9.30. The van der Waals surface area contributed by atoms with E-state index in [-0.39, 0.29) is 41.7 Å². The maximum atomic E-state index is 15.5. The molecule has 0 N–H and O–H groups in total. The van der Waals surface area contributed by atoms with Crippen molar-refractivity contribution in [3.63, 3.8) is 0 Å². The second-order valence-corrected chi connectivity index (χ2v) is 14.1. The van der Waals surface area contributed by atoms with Crippen LogP contribution in [0.5, 0.6) is 11.6 Å². The van der Waals surface area contributed by atoms with E-state index in [1.54, 1.807) is 0 Å². The molecule has 2 aliphatic heterocycles. The van der Waals surface area contributed by atoms with Crippen LogP contribution in [0.25, 0.3) is 0 Å². The number of hydrogen-bond donors (Lipinski definition) is 0. The van der Waals surface area contributed by atoms with Crippen molar-refractivity contribution in [2.75, 3.05) is 26.1 Å². The SMILES string of the molecule is COc1ccc(S(=O)(=O)CC[C@@H]2OCC[C@@]3(S(=O)(=O)c4ccc(Cl)cc4)c4c(F)ccc(F)c4OCC23)cn1. The van der Waals surface area contributed by atoms with Gasteiger partial charge in [0, 0.05) is 29.8 Å². The van der Waals surface area contributed by atoms with Gasteiger partial charge in [-0.15, -0.1) is 0 Å². The highest BCUT2D eigenvalue weighted by atomic mass is 35.5. The molecule has 5 rings (SSSR count). The van der Waals surface area contributed by atoms with Crippen molar-refractivity contribution >= 4 is 31.3 Å². The Hall–Kier alpha value is -2.80. The minimum Gasteiger partial charge on any atom is -0.490 e. The van der Waals surface area contributed by atoms with Crippen LogP contribution < -0.4 is 9.47 Å². The molecular weight excluding hydrogens is 576 g/mol. The predicted molar refractivity (Wildman–Crippen MR) is 137 cm³/mol. The third kappa shape index (κ3) is 4.66. The Labute approximate surface area is 229 Å². The third-order valence-electron chi connectivity index (χ3n) is 7.29. The first-order valence-electron chi connectivity index (χ1n) is 12.0. The summed E-state index contributed by atoms with van der Waals surface area (Å²) in [6, 6.07) is 9.92. The maximum Gasteiger partial charge on any atom is 0.212 e. The summed E-state index contributed by atoms with van der Waals surface area (Å²) < 4.78 is 99.6. The van der Waals surface area contributed by atoms with Gasteiger partial charge >= 0.3 is 0 Å². The van der Waals surface area contributed by atoms with Crippen LogP contribution in [0.1, 0.15) is 18.4 Å². The van der Waals surface area contributed by atoms with E-state index in [0.717, 1.165) is 12.1 Å². The molecule has 3 aromatic rings. The van der Waals surface area contributed by atoms with E-state index < -0.39 is 65.1 Å².